The summed E-state index contributed by atoms with van der Waals surface area (Å²) in [6, 6.07) is 22.2. The Morgan fingerprint density at radius 1 is 0.881 bits per heavy atom. The van der Waals surface area contributed by atoms with Gasteiger partial charge in [0, 0.05) is 19.0 Å². The Morgan fingerprint density at radius 3 is 2.21 bits per heavy atom. The summed E-state index contributed by atoms with van der Waals surface area (Å²) >= 11 is 0. The van der Waals surface area contributed by atoms with Crippen molar-refractivity contribution in [2.45, 2.75) is 77.9 Å². The van der Waals surface area contributed by atoms with Gasteiger partial charge in [-0.1, -0.05) is 91.6 Å². The molecule has 0 saturated heterocycles. The smallest absolute Gasteiger partial charge is 0.244 e. The van der Waals surface area contributed by atoms with Crippen LogP contribution in [0.5, 0.6) is 0 Å². The number of hydrogen-bond acceptors (Lipinski definition) is 4. The molecule has 0 unspecified atom stereocenters. The Labute approximate surface area is 251 Å². The summed E-state index contributed by atoms with van der Waals surface area (Å²) in [6.45, 7) is 5.53. The second kappa shape index (κ2) is 14.0. The maximum absolute atomic E-state index is 14.3. The van der Waals surface area contributed by atoms with E-state index in [0.29, 0.717) is 12.1 Å². The topological polar surface area (TPSA) is 86.8 Å². The molecule has 1 atom stereocenters. The molecule has 4 rings (SSSR count). The van der Waals surface area contributed by atoms with Crippen LogP contribution in [-0.4, -0.2) is 50.0 Å². The molecule has 1 aliphatic rings. The van der Waals surface area contributed by atoms with Crippen molar-refractivity contribution in [3.05, 3.63) is 101 Å². The number of rotatable bonds is 11. The lowest BCUT2D eigenvalue weighted by Crippen LogP contribution is -2.55. The van der Waals surface area contributed by atoms with Crippen molar-refractivity contribution in [2.75, 3.05) is 17.1 Å². The first-order chi connectivity index (χ1) is 20.0. The van der Waals surface area contributed by atoms with Gasteiger partial charge in [0.25, 0.3) is 0 Å². The first kappa shape index (κ1) is 31.3. The van der Waals surface area contributed by atoms with Gasteiger partial charge in [-0.2, -0.15) is 0 Å². The normalized spacial score (nSPS) is 14.7. The van der Waals surface area contributed by atoms with E-state index in [1.807, 2.05) is 81.4 Å². The highest BCUT2D eigenvalue weighted by Crippen LogP contribution is 2.26. The Kier molecular flexibility index (Phi) is 10.4. The zero-order valence-corrected chi connectivity index (χ0v) is 26.0. The molecular weight excluding hydrogens is 546 g/mol. The Hall–Kier alpha value is -3.65. The van der Waals surface area contributed by atoms with Crippen LogP contribution in [0.3, 0.4) is 0 Å². The molecule has 8 heteroatoms. The van der Waals surface area contributed by atoms with E-state index in [1.54, 1.807) is 17.0 Å². The fraction of sp³-hybridized carbons (Fsp3) is 0.412. The molecule has 0 bridgehead atoms. The van der Waals surface area contributed by atoms with E-state index >= 15 is 0 Å². The van der Waals surface area contributed by atoms with Crippen molar-refractivity contribution in [2.24, 2.45) is 0 Å². The number of amides is 2. The average molecular weight is 590 g/mol. The molecule has 224 valence electrons. The second-order valence-electron chi connectivity index (χ2n) is 11.5. The highest BCUT2D eigenvalue weighted by molar-refractivity contribution is 7.92. The summed E-state index contributed by atoms with van der Waals surface area (Å²) in [7, 11) is -3.81. The van der Waals surface area contributed by atoms with Gasteiger partial charge in [0.2, 0.25) is 21.8 Å². The van der Waals surface area contributed by atoms with Crippen LogP contribution >= 0.6 is 0 Å². The number of aryl methyl sites for hydroxylation is 2. The minimum atomic E-state index is -3.81. The van der Waals surface area contributed by atoms with Crippen LogP contribution < -0.4 is 9.62 Å². The minimum absolute atomic E-state index is 0.0721. The van der Waals surface area contributed by atoms with Gasteiger partial charge in [-0.05, 0) is 61.9 Å². The van der Waals surface area contributed by atoms with Crippen LogP contribution in [0.25, 0.3) is 0 Å². The van der Waals surface area contributed by atoms with Gasteiger partial charge in [-0.25, -0.2) is 8.42 Å². The van der Waals surface area contributed by atoms with Gasteiger partial charge in [0.1, 0.15) is 12.6 Å². The van der Waals surface area contributed by atoms with Crippen LogP contribution in [0.2, 0.25) is 0 Å². The minimum Gasteiger partial charge on any atom is -0.352 e. The van der Waals surface area contributed by atoms with E-state index in [4.69, 9.17) is 0 Å². The second-order valence-corrected chi connectivity index (χ2v) is 13.5. The van der Waals surface area contributed by atoms with Crippen LogP contribution in [0.4, 0.5) is 5.69 Å². The molecule has 0 aromatic heterocycles. The maximum atomic E-state index is 14.3. The molecule has 1 saturated carbocycles. The molecule has 0 aliphatic heterocycles. The number of benzene rings is 3. The van der Waals surface area contributed by atoms with E-state index in [0.717, 1.165) is 66.2 Å². The van der Waals surface area contributed by atoms with E-state index in [1.165, 1.54) is 4.31 Å². The van der Waals surface area contributed by atoms with Gasteiger partial charge in [-0.15, -0.1) is 0 Å². The summed E-state index contributed by atoms with van der Waals surface area (Å²) in [5.41, 5.74) is 5.03. The first-order valence-electron chi connectivity index (χ1n) is 14.8. The Bertz CT molecular complexity index is 1480. The van der Waals surface area contributed by atoms with Gasteiger partial charge in [-0.3, -0.25) is 13.9 Å². The third-order valence-corrected chi connectivity index (χ3v) is 9.31. The van der Waals surface area contributed by atoms with Gasteiger partial charge in [0.05, 0.1) is 11.9 Å². The standard InChI is InChI=1S/C34H43N3O4S/c1-25-13-11-17-29(21-25)23-36(33(38)24-37(42(4,40)41)31-20-12-14-26(2)27(31)3)32(22-28-15-7-5-8-16-28)34(39)35-30-18-9-6-10-19-30/h5,7-8,11-17,20-21,30,32H,6,9-10,18-19,22-24H2,1-4H3,(H,35,39)/t32-/m1/s1. The summed E-state index contributed by atoms with van der Waals surface area (Å²) in [5, 5.41) is 3.24. The van der Waals surface area contributed by atoms with Gasteiger partial charge >= 0.3 is 0 Å². The largest absolute Gasteiger partial charge is 0.352 e. The fourth-order valence-corrected chi connectivity index (χ4v) is 6.61. The van der Waals surface area contributed by atoms with E-state index in [-0.39, 0.29) is 18.5 Å². The van der Waals surface area contributed by atoms with Crippen molar-refractivity contribution < 1.29 is 18.0 Å². The predicted molar refractivity (Wildman–Crippen MR) is 169 cm³/mol. The Balaban J connectivity index is 1.74. The molecule has 7 nitrogen and oxygen atoms in total. The third-order valence-electron chi connectivity index (χ3n) is 8.18. The molecule has 1 N–H and O–H groups in total. The molecule has 3 aromatic carbocycles. The zero-order valence-electron chi connectivity index (χ0n) is 25.2. The SMILES string of the molecule is Cc1cccc(CN(C(=O)CN(c2cccc(C)c2C)S(C)(=O)=O)[C@H](Cc2ccccc2)C(=O)NC2CCCCC2)c1. The van der Waals surface area contributed by atoms with Crippen LogP contribution in [0.15, 0.2) is 72.8 Å². The summed E-state index contributed by atoms with van der Waals surface area (Å²) < 4.78 is 27.3. The van der Waals surface area contributed by atoms with Crippen molar-refractivity contribution in [3.8, 4) is 0 Å². The summed E-state index contributed by atoms with van der Waals surface area (Å²) in [4.78, 5) is 29.9. The van der Waals surface area contributed by atoms with Crippen LogP contribution in [0, 0.1) is 20.8 Å². The average Bonchev–Trinajstić information content (AvgIpc) is 2.95. The molecule has 42 heavy (non-hydrogen) atoms. The maximum Gasteiger partial charge on any atom is 0.244 e. The van der Waals surface area contributed by atoms with Crippen molar-refractivity contribution in [3.63, 3.8) is 0 Å². The Morgan fingerprint density at radius 2 is 1.55 bits per heavy atom. The molecule has 3 aromatic rings. The fourth-order valence-electron chi connectivity index (χ4n) is 5.71. The highest BCUT2D eigenvalue weighted by atomic mass is 32.2. The number of sulfonamides is 1. The van der Waals surface area contributed by atoms with E-state index in [2.05, 4.69) is 5.32 Å². The predicted octanol–water partition coefficient (Wildman–Crippen LogP) is 5.47. The lowest BCUT2D eigenvalue weighted by Gasteiger charge is -2.35. The molecular formula is C34H43N3O4S. The van der Waals surface area contributed by atoms with Gasteiger partial charge in [0.15, 0.2) is 0 Å². The number of anilines is 1. The molecule has 2 amide bonds. The third kappa shape index (κ3) is 8.22. The number of nitrogens with one attached hydrogen (secondary N) is 1. The van der Waals surface area contributed by atoms with Gasteiger partial charge < -0.3 is 10.2 Å². The molecule has 0 spiro atoms. The molecule has 1 fully saturated rings. The summed E-state index contributed by atoms with van der Waals surface area (Å²) in [6.07, 6.45) is 6.58. The molecule has 1 aliphatic carbocycles. The number of carbonyl (C=O) groups excluding carboxylic acids is 2. The summed E-state index contributed by atoms with van der Waals surface area (Å²) in [5.74, 6) is -0.632. The quantitative estimate of drug-likeness (QED) is 0.322. The molecule has 0 radical (unpaired) electrons. The number of hydrogen-bond donors (Lipinski definition) is 1. The van der Waals surface area contributed by atoms with E-state index in [9.17, 15) is 18.0 Å². The number of carbonyl (C=O) groups is 2. The monoisotopic (exact) mass is 589 g/mol. The van der Waals surface area contributed by atoms with Crippen molar-refractivity contribution in [1.82, 2.24) is 10.2 Å². The lowest BCUT2D eigenvalue weighted by atomic mass is 9.94. The first-order valence-corrected chi connectivity index (χ1v) is 16.6. The zero-order chi connectivity index (χ0) is 30.3. The highest BCUT2D eigenvalue weighted by Gasteiger charge is 2.34. The lowest BCUT2D eigenvalue weighted by molar-refractivity contribution is -0.140. The number of nitrogens with zero attached hydrogens (tertiary/aromatic N) is 2. The van der Waals surface area contributed by atoms with E-state index < -0.39 is 28.5 Å². The van der Waals surface area contributed by atoms with Crippen molar-refractivity contribution >= 4 is 27.5 Å². The van der Waals surface area contributed by atoms with Crippen molar-refractivity contribution in [1.29, 1.82) is 0 Å². The van der Waals surface area contributed by atoms with Crippen LogP contribution in [0.1, 0.15) is 59.9 Å². The molecule has 0 heterocycles. The van der Waals surface area contributed by atoms with Crippen LogP contribution in [-0.2, 0) is 32.6 Å².